The zero-order chi connectivity index (χ0) is 15.4. The van der Waals surface area contributed by atoms with Crippen molar-refractivity contribution in [1.29, 1.82) is 0 Å². The average Bonchev–Trinajstić information content (AvgIpc) is 2.50. The molecule has 0 atom stereocenters. The van der Waals surface area contributed by atoms with Crippen molar-refractivity contribution < 1.29 is 9.53 Å². The van der Waals surface area contributed by atoms with Crippen molar-refractivity contribution in [3.05, 3.63) is 52.0 Å². The first kappa shape index (κ1) is 15.4. The zero-order valence-corrected chi connectivity index (χ0v) is 13.5. The number of hydrogen-bond acceptors (Lipinski definition) is 4. The number of nitrogens with one attached hydrogen (secondary N) is 1. The summed E-state index contributed by atoms with van der Waals surface area (Å²) in [6, 6.07) is 11.0. The fraction of sp³-hybridized carbons (Fsp3) is 0.188. The Morgan fingerprint density at radius 3 is 2.67 bits per heavy atom. The molecule has 0 aliphatic heterocycles. The molecule has 0 spiro atoms. The average molecular weight is 349 g/mol. The molecule has 110 valence electrons. The predicted molar refractivity (Wildman–Crippen MR) is 89.0 cm³/mol. The number of carbonyl (C=O) groups excluding carboxylic acids is 1. The summed E-state index contributed by atoms with van der Waals surface area (Å²) in [4.78, 5) is 11.6. The van der Waals surface area contributed by atoms with E-state index in [2.05, 4.69) is 34.2 Å². The lowest BCUT2D eigenvalue weighted by Gasteiger charge is -2.14. The maximum absolute atomic E-state index is 11.6. The summed E-state index contributed by atoms with van der Waals surface area (Å²) in [5, 5.41) is 3.28. The molecule has 0 saturated carbocycles. The Bertz CT molecular complexity index is 671. The third kappa shape index (κ3) is 3.55. The van der Waals surface area contributed by atoms with Crippen molar-refractivity contribution in [3.63, 3.8) is 0 Å². The van der Waals surface area contributed by atoms with Gasteiger partial charge in [0.1, 0.15) is 0 Å². The van der Waals surface area contributed by atoms with Crippen LogP contribution in [0.4, 0.5) is 17.1 Å². The Morgan fingerprint density at radius 2 is 2.00 bits per heavy atom. The molecule has 5 heteroatoms. The number of nitrogens with two attached hydrogens (primary N) is 1. The van der Waals surface area contributed by atoms with Crippen LogP contribution in [0.3, 0.4) is 0 Å². The van der Waals surface area contributed by atoms with Gasteiger partial charge in [0.25, 0.3) is 0 Å². The number of anilines is 3. The molecule has 0 bridgehead atoms. The lowest BCUT2D eigenvalue weighted by Crippen LogP contribution is -2.04. The van der Waals surface area contributed by atoms with Crippen LogP contribution in [-0.4, -0.2) is 13.1 Å². The van der Waals surface area contributed by atoms with Gasteiger partial charge in [-0.2, -0.15) is 0 Å². The molecule has 2 rings (SSSR count). The van der Waals surface area contributed by atoms with Crippen LogP contribution in [0.15, 0.2) is 40.9 Å². The van der Waals surface area contributed by atoms with Crippen molar-refractivity contribution >= 4 is 39.0 Å². The Labute approximate surface area is 132 Å². The van der Waals surface area contributed by atoms with Gasteiger partial charge in [0.15, 0.2) is 0 Å². The molecular formula is C16H17BrN2O2. The quantitative estimate of drug-likeness (QED) is 0.644. The van der Waals surface area contributed by atoms with E-state index in [1.54, 1.807) is 18.2 Å². The smallest absolute Gasteiger partial charge is 0.337 e. The maximum Gasteiger partial charge on any atom is 0.337 e. The lowest BCUT2D eigenvalue weighted by molar-refractivity contribution is 0.0601. The molecule has 0 heterocycles. The maximum atomic E-state index is 11.6. The summed E-state index contributed by atoms with van der Waals surface area (Å²) in [5.74, 6) is -0.385. The van der Waals surface area contributed by atoms with Crippen molar-refractivity contribution in [2.45, 2.75) is 13.3 Å². The van der Waals surface area contributed by atoms with Gasteiger partial charge in [0, 0.05) is 10.2 Å². The number of nitrogen functional groups attached to an aromatic ring is 1. The van der Waals surface area contributed by atoms with E-state index < -0.39 is 0 Å². The lowest BCUT2D eigenvalue weighted by atomic mass is 10.1. The number of ether oxygens (including phenoxy) is 1. The third-order valence-electron chi connectivity index (χ3n) is 3.19. The minimum atomic E-state index is -0.385. The summed E-state index contributed by atoms with van der Waals surface area (Å²) >= 11 is 3.46. The van der Waals surface area contributed by atoms with Crippen molar-refractivity contribution in [2.24, 2.45) is 0 Å². The molecule has 0 amide bonds. The second-order valence-corrected chi connectivity index (χ2v) is 5.49. The van der Waals surface area contributed by atoms with E-state index in [1.165, 1.54) is 7.11 Å². The Hall–Kier alpha value is -2.01. The SMILES string of the molecule is CCc1cc(Br)ccc1Nc1cc(C(=O)OC)ccc1N. The number of aryl methyl sites for hydroxylation is 1. The molecule has 3 N–H and O–H groups in total. The summed E-state index contributed by atoms with van der Waals surface area (Å²) in [5.41, 5.74) is 9.83. The molecular weight excluding hydrogens is 332 g/mol. The first-order chi connectivity index (χ1) is 10.0. The molecule has 0 aliphatic carbocycles. The van der Waals surface area contributed by atoms with E-state index >= 15 is 0 Å². The van der Waals surface area contributed by atoms with Crippen molar-refractivity contribution in [2.75, 3.05) is 18.2 Å². The van der Waals surface area contributed by atoms with Crippen LogP contribution in [0.1, 0.15) is 22.8 Å². The zero-order valence-electron chi connectivity index (χ0n) is 11.9. The highest BCUT2D eigenvalue weighted by Crippen LogP contribution is 2.28. The van der Waals surface area contributed by atoms with Crippen LogP contribution in [0, 0.1) is 0 Å². The predicted octanol–water partition coefficient (Wildman–Crippen LogP) is 4.12. The van der Waals surface area contributed by atoms with Crippen molar-refractivity contribution in [3.8, 4) is 0 Å². The second kappa shape index (κ2) is 6.63. The first-order valence-corrected chi connectivity index (χ1v) is 7.37. The highest BCUT2D eigenvalue weighted by molar-refractivity contribution is 9.10. The molecule has 2 aromatic carbocycles. The Balaban J connectivity index is 2.37. The molecule has 0 fully saturated rings. The van der Waals surface area contributed by atoms with Crippen LogP contribution < -0.4 is 11.1 Å². The first-order valence-electron chi connectivity index (χ1n) is 6.58. The Morgan fingerprint density at radius 1 is 1.24 bits per heavy atom. The minimum Gasteiger partial charge on any atom is -0.465 e. The number of halogens is 1. The van der Waals surface area contributed by atoms with Gasteiger partial charge >= 0.3 is 5.97 Å². The standard InChI is InChI=1S/C16H17BrN2O2/c1-3-10-8-12(17)5-7-14(10)19-15-9-11(16(20)21-2)4-6-13(15)18/h4-9,19H,3,18H2,1-2H3. The summed E-state index contributed by atoms with van der Waals surface area (Å²) in [6.45, 7) is 2.08. The molecule has 4 nitrogen and oxygen atoms in total. The van der Waals surface area contributed by atoms with Crippen molar-refractivity contribution in [1.82, 2.24) is 0 Å². The molecule has 0 saturated heterocycles. The second-order valence-electron chi connectivity index (χ2n) is 4.57. The van der Waals surface area contributed by atoms with Gasteiger partial charge in [-0.05, 0) is 48.4 Å². The summed E-state index contributed by atoms with van der Waals surface area (Å²) in [7, 11) is 1.36. The van der Waals surface area contributed by atoms with E-state index in [0.717, 1.165) is 22.1 Å². The fourth-order valence-corrected chi connectivity index (χ4v) is 2.44. The summed E-state index contributed by atoms with van der Waals surface area (Å²) < 4.78 is 5.76. The topological polar surface area (TPSA) is 64.3 Å². The molecule has 0 aromatic heterocycles. The normalized spacial score (nSPS) is 10.2. The van der Waals surface area contributed by atoms with E-state index in [-0.39, 0.29) is 5.97 Å². The summed E-state index contributed by atoms with van der Waals surface area (Å²) in [6.07, 6.45) is 0.887. The van der Waals surface area contributed by atoms with E-state index in [1.807, 2.05) is 12.1 Å². The number of benzene rings is 2. The van der Waals surface area contributed by atoms with Crippen LogP contribution in [0.5, 0.6) is 0 Å². The number of esters is 1. The van der Waals surface area contributed by atoms with Gasteiger partial charge < -0.3 is 15.8 Å². The molecule has 21 heavy (non-hydrogen) atoms. The van der Waals surface area contributed by atoms with Gasteiger partial charge in [-0.15, -0.1) is 0 Å². The van der Waals surface area contributed by atoms with Gasteiger partial charge in [-0.25, -0.2) is 4.79 Å². The Kier molecular flexibility index (Phi) is 4.85. The molecule has 0 unspecified atom stereocenters. The molecule has 0 radical (unpaired) electrons. The highest BCUT2D eigenvalue weighted by Gasteiger charge is 2.10. The van der Waals surface area contributed by atoms with E-state index in [9.17, 15) is 4.79 Å². The van der Waals surface area contributed by atoms with E-state index in [4.69, 9.17) is 10.5 Å². The highest BCUT2D eigenvalue weighted by atomic mass is 79.9. The number of hydrogen-bond donors (Lipinski definition) is 2. The number of carbonyl (C=O) groups is 1. The fourth-order valence-electron chi connectivity index (χ4n) is 2.03. The van der Waals surface area contributed by atoms with Crippen LogP contribution in [0.25, 0.3) is 0 Å². The minimum absolute atomic E-state index is 0.385. The van der Waals surface area contributed by atoms with Gasteiger partial charge in [-0.3, -0.25) is 0 Å². The van der Waals surface area contributed by atoms with Gasteiger partial charge in [-0.1, -0.05) is 22.9 Å². The largest absolute Gasteiger partial charge is 0.465 e. The van der Waals surface area contributed by atoms with E-state index in [0.29, 0.717) is 16.9 Å². The molecule has 0 aliphatic rings. The monoisotopic (exact) mass is 348 g/mol. The number of methoxy groups -OCH3 is 1. The van der Waals surface area contributed by atoms with Gasteiger partial charge in [0.05, 0.1) is 24.0 Å². The molecule has 2 aromatic rings. The van der Waals surface area contributed by atoms with Crippen LogP contribution >= 0.6 is 15.9 Å². The number of rotatable bonds is 4. The van der Waals surface area contributed by atoms with Gasteiger partial charge in [0.2, 0.25) is 0 Å². The van der Waals surface area contributed by atoms with Crippen LogP contribution in [-0.2, 0) is 11.2 Å². The third-order valence-corrected chi connectivity index (χ3v) is 3.69. The van der Waals surface area contributed by atoms with Crippen LogP contribution in [0.2, 0.25) is 0 Å².